The highest BCUT2D eigenvalue weighted by molar-refractivity contribution is 5.96. The van der Waals surface area contributed by atoms with Crippen LogP contribution in [0.5, 0.6) is 0 Å². The van der Waals surface area contributed by atoms with E-state index in [1.807, 2.05) is 44.0 Å². The molecule has 1 saturated carbocycles. The molecule has 81 heavy (non-hydrogen) atoms. The lowest BCUT2D eigenvalue weighted by Crippen LogP contribution is -2.62. The number of ether oxygens (including phenoxy) is 3. The van der Waals surface area contributed by atoms with Crippen LogP contribution in [-0.2, 0) is 54.7 Å². The number of likely N-dealkylation sites (tertiary alicyclic amines) is 2. The zero-order valence-electron chi connectivity index (χ0n) is 49.4. The third-order valence-corrected chi connectivity index (χ3v) is 18.7. The number of esters is 1. The van der Waals surface area contributed by atoms with Crippen LogP contribution in [0.4, 0.5) is 14.9 Å². The number of pyridine rings is 1. The van der Waals surface area contributed by atoms with Crippen molar-refractivity contribution in [3.05, 3.63) is 71.0 Å². The van der Waals surface area contributed by atoms with Crippen molar-refractivity contribution >= 4 is 40.5 Å². The van der Waals surface area contributed by atoms with E-state index in [0.717, 1.165) is 134 Å². The van der Waals surface area contributed by atoms with Crippen molar-refractivity contribution in [2.75, 3.05) is 83.6 Å². The summed E-state index contributed by atoms with van der Waals surface area (Å²) in [7, 11) is 0. The molecule has 1 aliphatic carbocycles. The van der Waals surface area contributed by atoms with Crippen LogP contribution in [0.1, 0.15) is 135 Å². The number of alkyl halides is 1. The Kier molecular flexibility index (Phi) is 16.4. The van der Waals surface area contributed by atoms with E-state index in [1.54, 1.807) is 0 Å². The minimum Gasteiger partial charge on any atom is -0.464 e. The number of fused-ring (bicyclic) bond motifs is 7. The predicted octanol–water partition coefficient (Wildman–Crippen LogP) is 9.04. The van der Waals surface area contributed by atoms with Crippen molar-refractivity contribution < 1.29 is 37.8 Å². The average Bonchev–Trinajstić information content (AvgIpc) is 4.43. The second-order valence-corrected chi connectivity index (χ2v) is 26.9. The molecule has 11 rings (SSSR count). The van der Waals surface area contributed by atoms with Gasteiger partial charge in [-0.25, -0.2) is 14.6 Å². The van der Waals surface area contributed by atoms with Crippen LogP contribution < -0.4 is 15.6 Å². The number of amides is 3. The quantitative estimate of drug-likeness (QED) is 0.154. The predicted molar refractivity (Wildman–Crippen MR) is 312 cm³/mol. The van der Waals surface area contributed by atoms with Gasteiger partial charge in [-0.1, -0.05) is 58.7 Å². The number of carbonyl (C=O) groups excluding carboxylic acids is 4. The molecule has 8 heterocycles. The Labute approximate surface area is 478 Å². The standard InChI is InChI=1S/C64H88FN9O7/c1-9-73-54-17-16-45-31-49(54)51(57(73)50-32-47(35-66-55(50)41(2)3)70-24-23-69-25-26-79-37-48(69)36-70)33-63(7,8)40-80-60(77)52-15-12-20-74(68-52)59(76)53(30-42-27-43(34-65)29-46(45)28-42)67-58(75)56(44-13-10-11-14-44)71-21-18-64(38-71)19-22-72(39-64)61(78)81-62(4,5)6/h16-17,27-29,31-32,35,41,44,48,52-53,56,68H,9-15,18-26,30,33-34,36-40H2,1-8H3,(H,67,75)/t48-,52-,53-,56-,64-/m0/s1. The number of nitrogens with zero attached hydrogens (tertiary/aromatic N) is 7. The normalized spacial score (nSPS) is 25.6. The zero-order chi connectivity index (χ0) is 57.0. The van der Waals surface area contributed by atoms with Crippen molar-refractivity contribution in [3.8, 4) is 22.4 Å². The maximum atomic E-state index is 15.3. The summed E-state index contributed by atoms with van der Waals surface area (Å²) in [4.78, 5) is 72.5. The van der Waals surface area contributed by atoms with Gasteiger partial charge in [-0.15, -0.1) is 0 Å². The van der Waals surface area contributed by atoms with Gasteiger partial charge in [-0.05, 0) is 143 Å². The van der Waals surface area contributed by atoms with E-state index in [1.165, 1.54) is 5.01 Å². The molecule has 438 valence electrons. The molecule has 6 aliphatic heterocycles. The van der Waals surface area contributed by atoms with Crippen molar-refractivity contribution in [2.24, 2.45) is 16.7 Å². The average molecular weight is 1110 g/mol. The van der Waals surface area contributed by atoms with Gasteiger partial charge >= 0.3 is 12.1 Å². The molecule has 7 aliphatic rings. The minimum absolute atomic E-state index is 0.101. The number of anilines is 1. The summed E-state index contributed by atoms with van der Waals surface area (Å²) in [6.07, 6.45) is 9.02. The topological polar surface area (TPSA) is 154 Å². The second-order valence-electron chi connectivity index (χ2n) is 26.9. The molecule has 3 amide bonds. The lowest BCUT2D eigenvalue weighted by Gasteiger charge is -2.44. The zero-order valence-corrected chi connectivity index (χ0v) is 49.4. The van der Waals surface area contributed by atoms with E-state index in [4.69, 9.17) is 19.2 Å². The van der Waals surface area contributed by atoms with Crippen LogP contribution in [0.25, 0.3) is 33.3 Å². The van der Waals surface area contributed by atoms with Gasteiger partial charge in [0.05, 0.1) is 55.2 Å². The number of halogens is 1. The van der Waals surface area contributed by atoms with Gasteiger partial charge in [0.25, 0.3) is 5.91 Å². The van der Waals surface area contributed by atoms with Crippen LogP contribution in [0, 0.1) is 16.7 Å². The van der Waals surface area contributed by atoms with Crippen molar-refractivity contribution in [3.63, 3.8) is 0 Å². The number of hydrogen-bond donors (Lipinski definition) is 2. The van der Waals surface area contributed by atoms with E-state index in [0.29, 0.717) is 70.1 Å². The van der Waals surface area contributed by atoms with Crippen molar-refractivity contribution in [1.82, 2.24) is 40.0 Å². The molecular formula is C64H88FN9O7. The molecule has 6 fully saturated rings. The fraction of sp³-hybridized carbons (Fsp3) is 0.641. The van der Waals surface area contributed by atoms with E-state index in [9.17, 15) is 9.59 Å². The first-order valence-electron chi connectivity index (χ1n) is 30.5. The molecular weight excluding hydrogens is 1030 g/mol. The van der Waals surface area contributed by atoms with Gasteiger partial charge in [0.1, 0.15) is 24.4 Å². The molecule has 17 heteroatoms. The van der Waals surface area contributed by atoms with Crippen LogP contribution >= 0.6 is 0 Å². The number of morpholine rings is 1. The van der Waals surface area contributed by atoms with Gasteiger partial charge in [-0.2, -0.15) is 0 Å². The molecule has 0 radical (unpaired) electrons. The number of nitrogens with one attached hydrogen (secondary N) is 2. The van der Waals surface area contributed by atoms with E-state index < -0.39 is 41.8 Å². The van der Waals surface area contributed by atoms with Crippen molar-refractivity contribution in [1.29, 1.82) is 0 Å². The Morgan fingerprint density at radius 2 is 1.74 bits per heavy atom. The third-order valence-electron chi connectivity index (χ3n) is 18.7. The number of benzene rings is 2. The van der Waals surface area contributed by atoms with E-state index >= 15 is 14.0 Å². The largest absolute Gasteiger partial charge is 0.464 e. The fourth-order valence-corrected chi connectivity index (χ4v) is 14.6. The molecule has 5 saturated heterocycles. The van der Waals surface area contributed by atoms with Crippen LogP contribution in [-0.4, -0.2) is 162 Å². The first-order valence-corrected chi connectivity index (χ1v) is 30.5. The molecule has 6 bridgehead atoms. The van der Waals surface area contributed by atoms with Gasteiger partial charge in [0.15, 0.2) is 0 Å². The Bertz CT molecular complexity index is 3000. The number of carbonyl (C=O) groups is 4. The number of piperazine rings is 1. The lowest BCUT2D eigenvalue weighted by atomic mass is 9.83. The summed E-state index contributed by atoms with van der Waals surface area (Å²) in [5.74, 6) is -0.756. The van der Waals surface area contributed by atoms with E-state index in [2.05, 4.69) is 95.0 Å². The SMILES string of the molecule is CCn1c(-c2cc(N3CCN4CCOC[C@@H]4C3)cnc2C(C)C)c2c3cc(ccc31)-c1cc(CF)cc(c1)C[C@H](NC(=O)[C@H](C1CCCC1)N1CC[C@]3(CCN(C(=O)OC(C)(C)C)C3)C1)C(=O)N1CCC[C@H](N1)C(=O)OCC(C)(C)C2. The molecule has 0 unspecified atom stereocenters. The third kappa shape index (κ3) is 12.1. The highest BCUT2D eigenvalue weighted by Crippen LogP contribution is 2.45. The van der Waals surface area contributed by atoms with Crippen molar-refractivity contribution in [2.45, 2.75) is 169 Å². The fourth-order valence-electron chi connectivity index (χ4n) is 14.6. The highest BCUT2D eigenvalue weighted by atomic mass is 19.1. The summed E-state index contributed by atoms with van der Waals surface area (Å²) in [6.45, 7) is 24.7. The second kappa shape index (κ2) is 23.2. The van der Waals surface area contributed by atoms with E-state index in [-0.39, 0.29) is 48.2 Å². The molecule has 4 aromatic rings. The maximum Gasteiger partial charge on any atom is 0.410 e. The molecule has 2 N–H and O–H groups in total. The number of hydrogen-bond acceptors (Lipinski definition) is 12. The summed E-state index contributed by atoms with van der Waals surface area (Å²) >= 11 is 0. The Morgan fingerprint density at radius 3 is 2.51 bits per heavy atom. The number of rotatable bonds is 9. The number of hydrazine groups is 1. The van der Waals surface area contributed by atoms with Crippen LogP contribution in [0.2, 0.25) is 0 Å². The summed E-state index contributed by atoms with van der Waals surface area (Å²) in [5, 5.41) is 5.89. The molecule has 1 spiro atoms. The molecule has 2 aromatic carbocycles. The Hall–Kier alpha value is -5.62. The van der Waals surface area contributed by atoms with Gasteiger partial charge in [-0.3, -0.25) is 34.2 Å². The molecule has 2 aromatic heterocycles. The van der Waals surface area contributed by atoms with Crippen LogP contribution in [0.3, 0.4) is 0 Å². The smallest absolute Gasteiger partial charge is 0.410 e. The molecule has 16 nitrogen and oxygen atoms in total. The molecule has 5 atom stereocenters. The van der Waals surface area contributed by atoms with Gasteiger partial charge in [0, 0.05) is 92.6 Å². The van der Waals surface area contributed by atoms with Crippen LogP contribution in [0.15, 0.2) is 48.7 Å². The first-order chi connectivity index (χ1) is 38.8. The summed E-state index contributed by atoms with van der Waals surface area (Å²) in [5.41, 5.74) is 11.4. The lowest BCUT2D eigenvalue weighted by molar-refractivity contribution is -0.155. The summed E-state index contributed by atoms with van der Waals surface area (Å²) in [6, 6.07) is 12.7. The first kappa shape index (κ1) is 57.2. The highest BCUT2D eigenvalue weighted by Gasteiger charge is 2.50. The number of aryl methyl sites for hydroxylation is 1. The minimum atomic E-state index is -1.04. The summed E-state index contributed by atoms with van der Waals surface area (Å²) < 4.78 is 35.8. The number of aromatic nitrogens is 2. The maximum absolute atomic E-state index is 15.3. The van der Waals surface area contributed by atoms with Gasteiger partial charge < -0.3 is 33.9 Å². The Balaban J connectivity index is 0.967. The number of cyclic esters (lactones) is 1. The Morgan fingerprint density at radius 1 is 0.938 bits per heavy atom. The van der Waals surface area contributed by atoms with Gasteiger partial charge in [0.2, 0.25) is 5.91 Å². The monoisotopic (exact) mass is 1110 g/mol.